The van der Waals surface area contributed by atoms with Crippen LogP contribution >= 0.6 is 11.3 Å². The summed E-state index contributed by atoms with van der Waals surface area (Å²) in [6, 6.07) is 2.20. The highest BCUT2D eigenvalue weighted by Crippen LogP contribution is 2.11. The van der Waals surface area contributed by atoms with Gasteiger partial charge >= 0.3 is 0 Å². The molecule has 0 nitrogen and oxygen atoms in total. The highest BCUT2D eigenvalue weighted by atomic mass is 32.1. The number of hydrogen-bond acceptors (Lipinski definition) is 1. The van der Waals surface area contributed by atoms with Gasteiger partial charge in [-0.2, -0.15) is 11.3 Å². The quantitative estimate of drug-likeness (QED) is 0.599. The smallest absolute Gasteiger partial charge is 0.00613 e. The Kier molecular flexibility index (Phi) is 3.37. The number of rotatable bonds is 4. The normalized spacial score (nSPS) is 9.91. The molecule has 0 aromatic carbocycles. The van der Waals surface area contributed by atoms with E-state index in [1.54, 1.807) is 11.3 Å². The molecular formula is C10H14S. The van der Waals surface area contributed by atoms with E-state index in [-0.39, 0.29) is 0 Å². The van der Waals surface area contributed by atoms with Crippen LogP contribution < -0.4 is 0 Å². The van der Waals surface area contributed by atoms with E-state index < -0.39 is 0 Å². The Morgan fingerprint density at radius 2 is 2.45 bits per heavy atom. The molecule has 0 saturated carbocycles. The zero-order valence-electron chi connectivity index (χ0n) is 6.97. The fraction of sp³-hybridized carbons (Fsp3) is 0.400. The maximum absolute atomic E-state index is 3.88. The van der Waals surface area contributed by atoms with Gasteiger partial charge in [0.15, 0.2) is 0 Å². The van der Waals surface area contributed by atoms with Gasteiger partial charge in [-0.1, -0.05) is 5.57 Å². The van der Waals surface area contributed by atoms with Gasteiger partial charge in [-0.15, -0.1) is 6.58 Å². The molecule has 0 atom stereocenters. The zero-order chi connectivity index (χ0) is 8.10. The van der Waals surface area contributed by atoms with Gasteiger partial charge in [-0.25, -0.2) is 0 Å². The second kappa shape index (κ2) is 4.35. The van der Waals surface area contributed by atoms with Crippen LogP contribution in [-0.4, -0.2) is 0 Å². The topological polar surface area (TPSA) is 0 Å². The van der Waals surface area contributed by atoms with Gasteiger partial charge in [0.1, 0.15) is 0 Å². The van der Waals surface area contributed by atoms with Crippen LogP contribution in [0.25, 0.3) is 0 Å². The average Bonchev–Trinajstić information content (AvgIpc) is 2.39. The maximum atomic E-state index is 3.88. The third-order valence-corrected chi connectivity index (χ3v) is 2.38. The van der Waals surface area contributed by atoms with Gasteiger partial charge in [-0.3, -0.25) is 0 Å². The third-order valence-electron chi connectivity index (χ3n) is 1.65. The summed E-state index contributed by atoms with van der Waals surface area (Å²) in [4.78, 5) is 0. The molecule has 0 N–H and O–H groups in total. The van der Waals surface area contributed by atoms with Crippen molar-refractivity contribution in [1.82, 2.24) is 0 Å². The Morgan fingerprint density at radius 1 is 1.64 bits per heavy atom. The van der Waals surface area contributed by atoms with Crippen LogP contribution in [0.3, 0.4) is 0 Å². The van der Waals surface area contributed by atoms with Crippen LogP contribution in [0.4, 0.5) is 0 Å². The summed E-state index contributed by atoms with van der Waals surface area (Å²) in [6.45, 7) is 5.97. The van der Waals surface area contributed by atoms with Crippen molar-refractivity contribution in [1.29, 1.82) is 0 Å². The number of thiophene rings is 1. The molecule has 11 heavy (non-hydrogen) atoms. The highest BCUT2D eigenvalue weighted by Gasteiger charge is 1.92. The van der Waals surface area contributed by atoms with E-state index >= 15 is 0 Å². The van der Waals surface area contributed by atoms with Crippen LogP contribution in [0.2, 0.25) is 0 Å². The summed E-state index contributed by atoms with van der Waals surface area (Å²) >= 11 is 1.78. The maximum Gasteiger partial charge on any atom is -0.00613 e. The van der Waals surface area contributed by atoms with Crippen molar-refractivity contribution in [3.63, 3.8) is 0 Å². The predicted octanol–water partition coefficient (Wildman–Crippen LogP) is 3.65. The Hall–Kier alpha value is -0.560. The lowest BCUT2D eigenvalue weighted by molar-refractivity contribution is 0.816. The van der Waals surface area contributed by atoms with Gasteiger partial charge in [0, 0.05) is 0 Å². The molecule has 0 fully saturated rings. The van der Waals surface area contributed by atoms with Crippen LogP contribution in [0, 0.1) is 0 Å². The molecule has 0 aliphatic heterocycles. The molecule has 0 unspecified atom stereocenters. The van der Waals surface area contributed by atoms with E-state index in [0.29, 0.717) is 0 Å². The lowest BCUT2D eigenvalue weighted by Crippen LogP contribution is -1.82. The molecule has 60 valence electrons. The lowest BCUT2D eigenvalue weighted by atomic mass is 10.1. The van der Waals surface area contributed by atoms with E-state index in [2.05, 4.69) is 30.3 Å². The fourth-order valence-electron chi connectivity index (χ4n) is 1.03. The number of allylic oxidation sites excluding steroid dienone is 1. The number of hydrogen-bond donors (Lipinski definition) is 0. The van der Waals surface area contributed by atoms with Crippen molar-refractivity contribution in [2.45, 2.75) is 26.2 Å². The van der Waals surface area contributed by atoms with E-state index in [1.165, 1.54) is 24.0 Å². The first-order valence-corrected chi connectivity index (χ1v) is 4.89. The van der Waals surface area contributed by atoms with Crippen LogP contribution in [0.15, 0.2) is 29.0 Å². The van der Waals surface area contributed by atoms with Crippen LogP contribution in [0.1, 0.15) is 25.3 Å². The lowest BCUT2D eigenvalue weighted by Gasteiger charge is -1.96. The Labute approximate surface area is 72.6 Å². The average molecular weight is 166 g/mol. The summed E-state index contributed by atoms with van der Waals surface area (Å²) < 4.78 is 0. The molecule has 1 aromatic rings. The Morgan fingerprint density at radius 3 is 3.00 bits per heavy atom. The van der Waals surface area contributed by atoms with Crippen molar-refractivity contribution >= 4 is 11.3 Å². The van der Waals surface area contributed by atoms with Crippen molar-refractivity contribution in [3.05, 3.63) is 34.5 Å². The molecule has 0 spiro atoms. The minimum absolute atomic E-state index is 1.16. The van der Waals surface area contributed by atoms with Gasteiger partial charge in [-0.05, 0) is 48.6 Å². The van der Waals surface area contributed by atoms with E-state index in [1.807, 2.05) is 0 Å². The van der Waals surface area contributed by atoms with Gasteiger partial charge in [0.2, 0.25) is 0 Å². The third kappa shape index (κ3) is 3.38. The van der Waals surface area contributed by atoms with E-state index in [9.17, 15) is 0 Å². The first-order valence-electron chi connectivity index (χ1n) is 3.94. The second-order valence-corrected chi connectivity index (χ2v) is 3.72. The first-order chi connectivity index (χ1) is 5.29. The van der Waals surface area contributed by atoms with Gasteiger partial charge in [0.05, 0.1) is 0 Å². The molecule has 1 heterocycles. The molecule has 1 rings (SSSR count). The molecule has 1 aromatic heterocycles. The predicted molar refractivity (Wildman–Crippen MR) is 52.1 cm³/mol. The minimum atomic E-state index is 1.16. The Balaban J connectivity index is 2.19. The van der Waals surface area contributed by atoms with E-state index in [0.717, 1.165) is 6.42 Å². The fourth-order valence-corrected chi connectivity index (χ4v) is 1.73. The standard InChI is InChI=1S/C10H14S/c1-9(2)4-3-5-10-6-7-11-8-10/h6-8H,1,3-5H2,2H3. The Bertz CT molecular complexity index is 209. The molecule has 0 saturated heterocycles. The van der Waals surface area contributed by atoms with E-state index in [4.69, 9.17) is 0 Å². The molecule has 1 heteroatoms. The summed E-state index contributed by atoms with van der Waals surface area (Å²) in [5.74, 6) is 0. The minimum Gasteiger partial charge on any atom is -0.152 e. The van der Waals surface area contributed by atoms with Gasteiger partial charge < -0.3 is 0 Å². The molecule has 0 aliphatic rings. The summed E-state index contributed by atoms with van der Waals surface area (Å²) in [6.07, 6.45) is 3.61. The largest absolute Gasteiger partial charge is 0.152 e. The monoisotopic (exact) mass is 166 g/mol. The summed E-state index contributed by atoms with van der Waals surface area (Å²) in [7, 11) is 0. The van der Waals surface area contributed by atoms with Crippen molar-refractivity contribution < 1.29 is 0 Å². The molecule has 0 radical (unpaired) electrons. The van der Waals surface area contributed by atoms with Crippen molar-refractivity contribution in [2.24, 2.45) is 0 Å². The second-order valence-electron chi connectivity index (χ2n) is 2.94. The highest BCUT2D eigenvalue weighted by molar-refractivity contribution is 7.07. The van der Waals surface area contributed by atoms with Crippen LogP contribution in [0.5, 0.6) is 0 Å². The first kappa shape index (κ1) is 8.54. The SMILES string of the molecule is C=C(C)CCCc1ccsc1. The van der Waals surface area contributed by atoms with Crippen molar-refractivity contribution in [3.8, 4) is 0 Å². The van der Waals surface area contributed by atoms with Gasteiger partial charge in [0.25, 0.3) is 0 Å². The van der Waals surface area contributed by atoms with Crippen molar-refractivity contribution in [2.75, 3.05) is 0 Å². The summed E-state index contributed by atoms with van der Waals surface area (Å²) in [5, 5.41) is 4.36. The molecule has 0 bridgehead atoms. The number of aryl methyl sites for hydroxylation is 1. The van der Waals surface area contributed by atoms with Crippen LogP contribution in [-0.2, 0) is 6.42 Å². The molecule has 0 amide bonds. The zero-order valence-corrected chi connectivity index (χ0v) is 7.79. The molecule has 0 aliphatic carbocycles. The molecular weight excluding hydrogens is 152 g/mol. The summed E-state index contributed by atoms with van der Waals surface area (Å²) in [5.41, 5.74) is 2.76.